The van der Waals surface area contributed by atoms with Gasteiger partial charge in [0.25, 0.3) is 0 Å². The van der Waals surface area contributed by atoms with E-state index in [0.29, 0.717) is 12.5 Å². The van der Waals surface area contributed by atoms with Gasteiger partial charge >= 0.3 is 0 Å². The van der Waals surface area contributed by atoms with Gasteiger partial charge in [-0.1, -0.05) is 20.3 Å². The lowest BCUT2D eigenvalue weighted by molar-refractivity contribution is -0.125. The third-order valence-corrected chi connectivity index (χ3v) is 3.33. The highest BCUT2D eigenvalue weighted by Crippen LogP contribution is 2.15. The molecule has 4 heteroatoms. The largest absolute Gasteiger partial charge is 0.383 e. The minimum Gasteiger partial charge on any atom is -0.383 e. The molecule has 0 spiro atoms. The number of nitrogens with one attached hydrogen (secondary N) is 2. The minimum atomic E-state index is -0.0186. The first-order valence-electron chi connectivity index (χ1n) is 6.70. The third kappa shape index (κ3) is 5.04. The molecule has 0 aromatic heterocycles. The van der Waals surface area contributed by atoms with Crippen LogP contribution in [0.5, 0.6) is 0 Å². The molecule has 3 unspecified atom stereocenters. The molecule has 0 aromatic rings. The summed E-state index contributed by atoms with van der Waals surface area (Å²) in [5, 5.41) is 6.37. The van der Waals surface area contributed by atoms with E-state index in [9.17, 15) is 4.79 Å². The molecule has 1 saturated heterocycles. The zero-order valence-electron chi connectivity index (χ0n) is 11.3. The molecule has 1 heterocycles. The van der Waals surface area contributed by atoms with E-state index in [0.717, 1.165) is 25.8 Å². The molecule has 2 N–H and O–H groups in total. The van der Waals surface area contributed by atoms with Gasteiger partial charge in [-0.05, 0) is 31.7 Å². The van der Waals surface area contributed by atoms with Crippen molar-refractivity contribution in [2.24, 2.45) is 5.92 Å². The van der Waals surface area contributed by atoms with E-state index in [1.807, 2.05) is 0 Å². The van der Waals surface area contributed by atoms with Crippen molar-refractivity contribution in [2.75, 3.05) is 20.3 Å². The lowest BCUT2D eigenvalue weighted by atomic mass is 9.93. The van der Waals surface area contributed by atoms with Crippen LogP contribution in [-0.2, 0) is 9.53 Å². The molecule has 1 rings (SSSR count). The maximum absolute atomic E-state index is 12.1. The predicted molar refractivity (Wildman–Crippen MR) is 68.9 cm³/mol. The summed E-state index contributed by atoms with van der Waals surface area (Å²) in [6, 6.07) is 0.131. The Morgan fingerprint density at radius 2 is 2.35 bits per heavy atom. The van der Waals surface area contributed by atoms with Gasteiger partial charge in [-0.25, -0.2) is 0 Å². The Morgan fingerprint density at radius 1 is 1.59 bits per heavy atom. The van der Waals surface area contributed by atoms with Crippen molar-refractivity contribution in [1.29, 1.82) is 0 Å². The second-order valence-corrected chi connectivity index (χ2v) is 5.09. The molecule has 100 valence electrons. The summed E-state index contributed by atoms with van der Waals surface area (Å²) in [7, 11) is 1.68. The molecular formula is C13H26N2O2. The van der Waals surface area contributed by atoms with Crippen LogP contribution in [0.25, 0.3) is 0 Å². The minimum absolute atomic E-state index is 0.0186. The van der Waals surface area contributed by atoms with Crippen molar-refractivity contribution in [1.82, 2.24) is 10.6 Å². The number of ether oxygens (including phenoxy) is 1. The molecule has 0 radical (unpaired) electrons. The van der Waals surface area contributed by atoms with E-state index in [-0.39, 0.29) is 18.0 Å². The summed E-state index contributed by atoms with van der Waals surface area (Å²) in [6.45, 7) is 5.87. The molecule has 17 heavy (non-hydrogen) atoms. The quantitative estimate of drug-likeness (QED) is 0.738. The highest BCUT2D eigenvalue weighted by atomic mass is 16.5. The molecular weight excluding hydrogens is 216 g/mol. The first-order valence-corrected chi connectivity index (χ1v) is 6.70. The lowest BCUT2D eigenvalue weighted by Gasteiger charge is -2.29. The normalized spacial score (nSPS) is 26.5. The van der Waals surface area contributed by atoms with Gasteiger partial charge in [0.15, 0.2) is 0 Å². The van der Waals surface area contributed by atoms with Gasteiger partial charge in [-0.3, -0.25) is 4.79 Å². The van der Waals surface area contributed by atoms with Crippen LogP contribution in [0.15, 0.2) is 0 Å². The zero-order valence-corrected chi connectivity index (χ0v) is 11.3. The SMILES string of the molecule is CCCC(COC)NC(=O)C1CC(C)CCN1. The van der Waals surface area contributed by atoms with Crippen molar-refractivity contribution in [3.8, 4) is 0 Å². The Balaban J connectivity index is 2.39. The highest BCUT2D eigenvalue weighted by molar-refractivity contribution is 5.82. The van der Waals surface area contributed by atoms with Gasteiger partial charge in [0, 0.05) is 7.11 Å². The van der Waals surface area contributed by atoms with Crippen LogP contribution in [0.4, 0.5) is 0 Å². The molecule has 4 nitrogen and oxygen atoms in total. The van der Waals surface area contributed by atoms with E-state index in [1.165, 1.54) is 6.42 Å². The van der Waals surface area contributed by atoms with Crippen LogP contribution in [-0.4, -0.2) is 38.3 Å². The van der Waals surface area contributed by atoms with Crippen LogP contribution in [0.3, 0.4) is 0 Å². The van der Waals surface area contributed by atoms with Crippen LogP contribution in [0, 0.1) is 5.92 Å². The van der Waals surface area contributed by atoms with Crippen molar-refractivity contribution in [3.05, 3.63) is 0 Å². The number of rotatable bonds is 6. The van der Waals surface area contributed by atoms with E-state index in [4.69, 9.17) is 4.74 Å². The van der Waals surface area contributed by atoms with Crippen LogP contribution < -0.4 is 10.6 Å². The first-order chi connectivity index (χ1) is 8.17. The molecule has 0 bridgehead atoms. The first kappa shape index (κ1) is 14.5. The topological polar surface area (TPSA) is 50.4 Å². The van der Waals surface area contributed by atoms with Gasteiger partial charge in [0.1, 0.15) is 0 Å². The predicted octanol–water partition coefficient (Wildman–Crippen LogP) is 1.31. The zero-order chi connectivity index (χ0) is 12.7. The van der Waals surface area contributed by atoms with Gasteiger partial charge in [-0.15, -0.1) is 0 Å². The average Bonchev–Trinajstić information content (AvgIpc) is 2.29. The maximum atomic E-state index is 12.1. The summed E-state index contributed by atoms with van der Waals surface area (Å²) in [6.07, 6.45) is 4.14. The highest BCUT2D eigenvalue weighted by Gasteiger charge is 2.25. The number of carbonyl (C=O) groups excluding carboxylic acids is 1. The Labute approximate surface area is 104 Å². The lowest BCUT2D eigenvalue weighted by Crippen LogP contribution is -2.51. The van der Waals surface area contributed by atoms with E-state index >= 15 is 0 Å². The van der Waals surface area contributed by atoms with Crippen LogP contribution in [0.1, 0.15) is 39.5 Å². The monoisotopic (exact) mass is 242 g/mol. The van der Waals surface area contributed by atoms with Crippen molar-refractivity contribution in [2.45, 2.75) is 51.6 Å². The van der Waals surface area contributed by atoms with E-state index in [1.54, 1.807) is 7.11 Å². The van der Waals surface area contributed by atoms with E-state index < -0.39 is 0 Å². The second-order valence-electron chi connectivity index (χ2n) is 5.09. The summed E-state index contributed by atoms with van der Waals surface area (Å²) >= 11 is 0. The summed E-state index contributed by atoms with van der Waals surface area (Å²) < 4.78 is 5.13. The van der Waals surface area contributed by atoms with E-state index in [2.05, 4.69) is 24.5 Å². The van der Waals surface area contributed by atoms with Gasteiger partial charge in [0.05, 0.1) is 18.7 Å². The third-order valence-electron chi connectivity index (χ3n) is 3.33. The number of amides is 1. The number of methoxy groups -OCH3 is 1. The number of piperidine rings is 1. The fourth-order valence-electron chi connectivity index (χ4n) is 2.36. The Kier molecular flexibility index (Phi) is 6.52. The second kappa shape index (κ2) is 7.67. The number of carbonyl (C=O) groups is 1. The molecule has 0 aliphatic carbocycles. The van der Waals surface area contributed by atoms with Crippen LogP contribution >= 0.6 is 0 Å². The summed E-state index contributed by atoms with van der Waals surface area (Å²) in [5.74, 6) is 0.770. The molecule has 1 amide bonds. The average molecular weight is 242 g/mol. The molecule has 1 aliphatic heterocycles. The summed E-state index contributed by atoms with van der Waals surface area (Å²) in [4.78, 5) is 12.1. The van der Waals surface area contributed by atoms with Gasteiger partial charge in [0.2, 0.25) is 5.91 Å². The Morgan fingerprint density at radius 3 is 2.94 bits per heavy atom. The molecule has 1 fully saturated rings. The van der Waals surface area contributed by atoms with Crippen LogP contribution in [0.2, 0.25) is 0 Å². The standard InChI is InChI=1S/C13H26N2O2/c1-4-5-11(9-17-3)15-13(16)12-8-10(2)6-7-14-12/h10-12,14H,4-9H2,1-3H3,(H,15,16). The van der Waals surface area contributed by atoms with Gasteiger partial charge in [-0.2, -0.15) is 0 Å². The molecule has 0 saturated carbocycles. The van der Waals surface area contributed by atoms with Crippen molar-refractivity contribution in [3.63, 3.8) is 0 Å². The van der Waals surface area contributed by atoms with Gasteiger partial charge < -0.3 is 15.4 Å². The Hall–Kier alpha value is -0.610. The molecule has 3 atom stereocenters. The fraction of sp³-hybridized carbons (Fsp3) is 0.923. The summed E-state index contributed by atoms with van der Waals surface area (Å²) in [5.41, 5.74) is 0. The van der Waals surface area contributed by atoms with Crippen molar-refractivity contribution < 1.29 is 9.53 Å². The smallest absolute Gasteiger partial charge is 0.237 e. The molecule has 1 aliphatic rings. The number of hydrogen-bond acceptors (Lipinski definition) is 3. The maximum Gasteiger partial charge on any atom is 0.237 e. The van der Waals surface area contributed by atoms with Crippen molar-refractivity contribution >= 4 is 5.91 Å². The fourth-order valence-corrected chi connectivity index (χ4v) is 2.36. The Bertz CT molecular complexity index is 227. The number of hydrogen-bond donors (Lipinski definition) is 2. The molecule has 0 aromatic carbocycles.